The van der Waals surface area contributed by atoms with Crippen LogP contribution in [0.5, 0.6) is 11.6 Å². The van der Waals surface area contributed by atoms with Gasteiger partial charge in [0.25, 0.3) is 5.56 Å². The van der Waals surface area contributed by atoms with Crippen molar-refractivity contribution in [1.29, 1.82) is 0 Å². The average Bonchev–Trinajstić information content (AvgIpc) is 2.85. The van der Waals surface area contributed by atoms with E-state index >= 15 is 0 Å². The molecule has 196 valence electrons. The lowest BCUT2D eigenvalue weighted by Gasteiger charge is -2.13. The molecule has 0 spiro atoms. The highest BCUT2D eigenvalue weighted by atomic mass is 35.5. The molecule has 37 heavy (non-hydrogen) atoms. The molecule has 2 aromatic carbocycles. The highest BCUT2D eigenvalue weighted by Crippen LogP contribution is 2.36. The number of ether oxygens (including phenoxy) is 1. The number of aromatic nitrogens is 2. The molecule has 0 aliphatic carbocycles. The molecule has 2 N–H and O–H groups in total. The van der Waals surface area contributed by atoms with Crippen molar-refractivity contribution in [2.24, 2.45) is 19.1 Å². The molecule has 0 atom stereocenters. The van der Waals surface area contributed by atoms with Gasteiger partial charge in [-0.15, -0.1) is 0 Å². The minimum absolute atomic E-state index is 0.0962. The number of halogens is 4. The number of aliphatic imine (C=N–C) groups is 1. The van der Waals surface area contributed by atoms with Crippen molar-refractivity contribution in [3.63, 3.8) is 0 Å². The van der Waals surface area contributed by atoms with Crippen molar-refractivity contribution < 1.29 is 27.8 Å². The topological polar surface area (TPSA) is 115 Å². The maximum atomic E-state index is 13.1. The number of carbonyl (C=O) groups is 1. The predicted octanol–water partition coefficient (Wildman–Crippen LogP) is 3.92. The van der Waals surface area contributed by atoms with E-state index < -0.39 is 45.6 Å². The van der Waals surface area contributed by atoms with Gasteiger partial charge in [0.1, 0.15) is 16.4 Å². The summed E-state index contributed by atoms with van der Waals surface area (Å²) in [5.74, 6) is -1.25. The maximum Gasteiger partial charge on any atom is 0.417 e. The Morgan fingerprint density at radius 1 is 1.14 bits per heavy atom. The fourth-order valence-electron chi connectivity index (χ4n) is 3.11. The van der Waals surface area contributed by atoms with Gasteiger partial charge in [0.2, 0.25) is 11.8 Å². The second kappa shape index (κ2) is 11.1. The molecule has 14 heteroatoms. The number of hydrogen-bond acceptors (Lipinski definition) is 7. The summed E-state index contributed by atoms with van der Waals surface area (Å²) < 4.78 is 46.1. The minimum atomic E-state index is -4.72. The number of benzene rings is 2. The van der Waals surface area contributed by atoms with Gasteiger partial charge in [0.05, 0.1) is 29.1 Å². The Balaban J connectivity index is 1.95. The predicted molar refractivity (Wildman–Crippen MR) is 135 cm³/mol. The van der Waals surface area contributed by atoms with E-state index in [0.29, 0.717) is 17.5 Å². The molecule has 0 radical (unpaired) electrons. The minimum Gasteiger partial charge on any atom is -0.497 e. The van der Waals surface area contributed by atoms with E-state index in [-0.39, 0.29) is 16.3 Å². The van der Waals surface area contributed by atoms with E-state index in [1.165, 1.54) is 27.3 Å². The van der Waals surface area contributed by atoms with E-state index in [4.69, 9.17) is 16.3 Å². The molecule has 0 unspecified atom stereocenters. The first-order chi connectivity index (χ1) is 17.3. The fourth-order valence-corrected chi connectivity index (χ4v) is 4.16. The molecule has 1 aromatic heterocycles. The third-order valence-corrected chi connectivity index (χ3v) is 6.35. The normalized spacial score (nSPS) is 11.9. The summed E-state index contributed by atoms with van der Waals surface area (Å²) in [4.78, 5) is 41.9. The Bertz CT molecular complexity index is 1480. The van der Waals surface area contributed by atoms with Crippen LogP contribution in [0.25, 0.3) is 0 Å². The first-order valence-electron chi connectivity index (χ1n) is 10.3. The number of rotatable bonds is 6. The largest absolute Gasteiger partial charge is 0.497 e. The summed E-state index contributed by atoms with van der Waals surface area (Å²) in [6.07, 6.45) is -4.72. The van der Waals surface area contributed by atoms with E-state index in [1.54, 1.807) is 24.3 Å². The summed E-state index contributed by atoms with van der Waals surface area (Å²) in [5, 5.41) is 12.3. The van der Waals surface area contributed by atoms with Gasteiger partial charge in [0.15, 0.2) is 0 Å². The summed E-state index contributed by atoms with van der Waals surface area (Å²) in [6, 6.07) is 9.25. The second-order valence-electron chi connectivity index (χ2n) is 7.55. The van der Waals surface area contributed by atoms with Crippen molar-refractivity contribution >= 4 is 45.7 Å². The van der Waals surface area contributed by atoms with Gasteiger partial charge in [-0.05, 0) is 42.5 Å². The van der Waals surface area contributed by atoms with Gasteiger partial charge in [-0.3, -0.25) is 18.7 Å². The first kappa shape index (κ1) is 27.9. The molecule has 0 fully saturated rings. The molecule has 0 aliphatic rings. The quantitative estimate of drug-likeness (QED) is 0.351. The standard InChI is InChI=1S/C23H20ClF3N4O5S/c1-30-20(33)18(21(34)31(2)22(30)35)19(29-12-4-7-14(36-3)8-5-12)37-11-17(32)28-13-6-9-16(24)15(10-13)23(25,26)27/h4-10,33H,11H2,1-3H3,(H,28,32). The molecular weight excluding hydrogens is 537 g/mol. The number of anilines is 1. The van der Waals surface area contributed by atoms with Crippen LogP contribution in [0, 0.1) is 0 Å². The smallest absolute Gasteiger partial charge is 0.417 e. The van der Waals surface area contributed by atoms with Crippen LogP contribution < -0.4 is 21.3 Å². The Hall–Kier alpha value is -3.71. The summed E-state index contributed by atoms with van der Waals surface area (Å²) in [5.41, 5.74) is -2.87. The number of alkyl halides is 3. The Morgan fingerprint density at radius 2 is 1.78 bits per heavy atom. The van der Waals surface area contributed by atoms with Gasteiger partial charge < -0.3 is 15.2 Å². The Labute approximate surface area is 217 Å². The molecule has 0 saturated heterocycles. The highest BCUT2D eigenvalue weighted by Gasteiger charge is 2.33. The van der Waals surface area contributed by atoms with Crippen LogP contribution in [0.1, 0.15) is 11.1 Å². The number of thioether (sulfide) groups is 1. The number of nitrogens with zero attached hydrogens (tertiary/aromatic N) is 3. The third kappa shape index (κ3) is 6.35. The Kier molecular flexibility index (Phi) is 8.39. The molecule has 1 amide bonds. The number of aromatic hydroxyl groups is 1. The first-order valence-corrected chi connectivity index (χ1v) is 11.7. The lowest BCUT2D eigenvalue weighted by molar-refractivity contribution is -0.137. The van der Waals surface area contributed by atoms with E-state index in [1.807, 2.05) is 0 Å². The molecule has 0 aliphatic heterocycles. The molecule has 0 saturated carbocycles. The zero-order chi connectivity index (χ0) is 27.5. The van der Waals surface area contributed by atoms with Crippen LogP contribution in [0.3, 0.4) is 0 Å². The third-order valence-electron chi connectivity index (χ3n) is 5.05. The average molecular weight is 557 g/mol. The van der Waals surface area contributed by atoms with Crippen LogP contribution in [-0.4, -0.2) is 38.1 Å². The number of hydrogen-bond donors (Lipinski definition) is 2. The van der Waals surface area contributed by atoms with Gasteiger partial charge in [-0.25, -0.2) is 9.79 Å². The van der Waals surface area contributed by atoms with Gasteiger partial charge in [0, 0.05) is 19.8 Å². The van der Waals surface area contributed by atoms with Crippen LogP contribution in [-0.2, 0) is 25.1 Å². The summed E-state index contributed by atoms with van der Waals surface area (Å²) >= 11 is 6.35. The van der Waals surface area contributed by atoms with E-state index in [0.717, 1.165) is 27.0 Å². The zero-order valence-electron chi connectivity index (χ0n) is 19.6. The van der Waals surface area contributed by atoms with E-state index in [2.05, 4.69) is 10.3 Å². The zero-order valence-corrected chi connectivity index (χ0v) is 21.2. The molecule has 0 bridgehead atoms. The number of carbonyl (C=O) groups excluding carboxylic acids is 1. The van der Waals surface area contributed by atoms with Crippen LogP contribution >= 0.6 is 23.4 Å². The lowest BCUT2D eigenvalue weighted by Crippen LogP contribution is -2.39. The molecule has 3 aromatic rings. The number of amides is 1. The van der Waals surface area contributed by atoms with Crippen molar-refractivity contribution in [1.82, 2.24) is 9.13 Å². The monoisotopic (exact) mass is 556 g/mol. The van der Waals surface area contributed by atoms with Crippen molar-refractivity contribution in [2.45, 2.75) is 6.18 Å². The highest BCUT2D eigenvalue weighted by molar-refractivity contribution is 8.15. The molecule has 1 heterocycles. The van der Waals surface area contributed by atoms with Crippen LogP contribution in [0.4, 0.5) is 24.5 Å². The van der Waals surface area contributed by atoms with Crippen LogP contribution in [0.2, 0.25) is 5.02 Å². The SMILES string of the molecule is COc1ccc(N=C(SCC(=O)Nc2ccc(Cl)c(C(F)(F)F)c2)c2c(O)n(C)c(=O)n(C)c2=O)cc1. The van der Waals surface area contributed by atoms with Crippen LogP contribution in [0.15, 0.2) is 57.0 Å². The van der Waals surface area contributed by atoms with Gasteiger partial charge in [-0.1, -0.05) is 23.4 Å². The summed E-state index contributed by atoms with van der Waals surface area (Å²) in [6.45, 7) is 0. The second-order valence-corrected chi connectivity index (χ2v) is 8.92. The van der Waals surface area contributed by atoms with Crippen molar-refractivity contribution in [3.8, 4) is 11.6 Å². The summed E-state index contributed by atoms with van der Waals surface area (Å²) in [7, 11) is 3.94. The lowest BCUT2D eigenvalue weighted by atomic mass is 10.2. The number of methoxy groups -OCH3 is 1. The van der Waals surface area contributed by atoms with Gasteiger partial charge >= 0.3 is 11.9 Å². The molecular formula is C23H20ClF3N4O5S. The fraction of sp³-hybridized carbons (Fsp3) is 0.217. The van der Waals surface area contributed by atoms with E-state index in [9.17, 15) is 32.7 Å². The molecule has 3 rings (SSSR count). The maximum absolute atomic E-state index is 13.1. The Morgan fingerprint density at radius 3 is 2.38 bits per heavy atom. The number of nitrogens with one attached hydrogen (secondary N) is 1. The van der Waals surface area contributed by atoms with Crippen molar-refractivity contribution in [3.05, 3.63) is 79.5 Å². The van der Waals surface area contributed by atoms with Gasteiger partial charge in [-0.2, -0.15) is 13.2 Å². The van der Waals surface area contributed by atoms with Crippen molar-refractivity contribution in [2.75, 3.05) is 18.2 Å². The molecule has 9 nitrogen and oxygen atoms in total.